The van der Waals surface area contributed by atoms with Crippen molar-refractivity contribution >= 4 is 17.4 Å². The molecular formula is C20H28N4O. The molecule has 0 aliphatic carbocycles. The fourth-order valence-electron chi connectivity index (χ4n) is 2.60. The molecule has 1 aromatic heterocycles. The van der Waals surface area contributed by atoms with Crippen LogP contribution < -0.4 is 10.6 Å². The maximum Gasteiger partial charge on any atom is 0.255 e. The van der Waals surface area contributed by atoms with E-state index >= 15 is 0 Å². The van der Waals surface area contributed by atoms with E-state index in [0.717, 1.165) is 29.9 Å². The van der Waals surface area contributed by atoms with E-state index in [9.17, 15) is 4.79 Å². The maximum atomic E-state index is 12.7. The minimum Gasteiger partial charge on any atom is -0.369 e. The number of carbonyl (C=O) groups is 1. The molecule has 1 aromatic carbocycles. The predicted molar refractivity (Wildman–Crippen MR) is 105 cm³/mol. The molecule has 0 radical (unpaired) electrons. The molecule has 0 saturated heterocycles. The lowest BCUT2D eigenvalue weighted by Crippen LogP contribution is -2.21. The average molecular weight is 340 g/mol. The molecule has 0 aliphatic rings. The molecule has 0 atom stereocenters. The van der Waals surface area contributed by atoms with Gasteiger partial charge in [0.05, 0.1) is 0 Å². The molecule has 1 heterocycles. The van der Waals surface area contributed by atoms with Gasteiger partial charge in [-0.1, -0.05) is 32.0 Å². The average Bonchev–Trinajstić information content (AvgIpc) is 2.56. The third-order valence-corrected chi connectivity index (χ3v) is 4.05. The van der Waals surface area contributed by atoms with Crippen LogP contribution in [-0.2, 0) is 0 Å². The molecule has 0 unspecified atom stereocenters. The van der Waals surface area contributed by atoms with Crippen molar-refractivity contribution in [2.75, 3.05) is 37.8 Å². The summed E-state index contributed by atoms with van der Waals surface area (Å²) in [6.45, 7) is 7.95. The van der Waals surface area contributed by atoms with Crippen LogP contribution in [0.1, 0.15) is 41.3 Å². The fraction of sp³-hybridized carbons (Fsp3) is 0.400. The summed E-state index contributed by atoms with van der Waals surface area (Å²) in [6, 6.07) is 9.63. The SMILES string of the molecule is Cc1cccc(C(C)C)c1NC(=O)c1ccnc(NCCN(C)C)c1. The van der Waals surface area contributed by atoms with E-state index < -0.39 is 0 Å². The van der Waals surface area contributed by atoms with Gasteiger partial charge in [-0.2, -0.15) is 0 Å². The quantitative estimate of drug-likeness (QED) is 0.806. The summed E-state index contributed by atoms with van der Waals surface area (Å²) in [5.74, 6) is 0.938. The van der Waals surface area contributed by atoms with Crippen LogP contribution in [0.15, 0.2) is 36.5 Å². The van der Waals surface area contributed by atoms with Crippen LogP contribution in [-0.4, -0.2) is 43.0 Å². The van der Waals surface area contributed by atoms with Gasteiger partial charge in [-0.15, -0.1) is 0 Å². The number of aryl methyl sites for hydroxylation is 1. The monoisotopic (exact) mass is 340 g/mol. The van der Waals surface area contributed by atoms with Crippen molar-refractivity contribution in [3.63, 3.8) is 0 Å². The van der Waals surface area contributed by atoms with E-state index in [0.29, 0.717) is 17.3 Å². The summed E-state index contributed by atoms with van der Waals surface area (Å²) in [4.78, 5) is 19.1. The van der Waals surface area contributed by atoms with Crippen LogP contribution in [0.4, 0.5) is 11.5 Å². The Morgan fingerprint density at radius 2 is 2.00 bits per heavy atom. The van der Waals surface area contributed by atoms with Gasteiger partial charge in [0.25, 0.3) is 5.91 Å². The standard InChI is InChI=1S/C20H28N4O/c1-14(2)17-8-6-7-15(3)19(17)23-20(25)16-9-10-21-18(13-16)22-11-12-24(4)5/h6-10,13-14H,11-12H2,1-5H3,(H,21,22)(H,23,25). The van der Waals surface area contributed by atoms with E-state index in [-0.39, 0.29) is 5.91 Å². The number of hydrogen-bond donors (Lipinski definition) is 2. The van der Waals surface area contributed by atoms with Gasteiger partial charge in [0.1, 0.15) is 5.82 Å². The number of aromatic nitrogens is 1. The number of amides is 1. The van der Waals surface area contributed by atoms with Crippen molar-refractivity contribution < 1.29 is 4.79 Å². The summed E-state index contributed by atoms with van der Waals surface area (Å²) in [7, 11) is 4.04. The van der Waals surface area contributed by atoms with Gasteiger partial charge in [-0.05, 0) is 50.2 Å². The van der Waals surface area contributed by atoms with Crippen LogP contribution in [0.3, 0.4) is 0 Å². The summed E-state index contributed by atoms with van der Waals surface area (Å²) >= 11 is 0. The molecule has 1 amide bonds. The number of carbonyl (C=O) groups excluding carboxylic acids is 1. The Morgan fingerprint density at radius 1 is 1.24 bits per heavy atom. The second-order valence-electron chi connectivity index (χ2n) is 6.81. The summed E-state index contributed by atoms with van der Waals surface area (Å²) in [5.41, 5.74) is 3.71. The first-order valence-corrected chi connectivity index (χ1v) is 8.64. The highest BCUT2D eigenvalue weighted by molar-refractivity contribution is 6.05. The number of nitrogens with zero attached hydrogens (tertiary/aromatic N) is 2. The Hall–Kier alpha value is -2.40. The van der Waals surface area contributed by atoms with Crippen LogP contribution >= 0.6 is 0 Å². The Morgan fingerprint density at radius 3 is 2.68 bits per heavy atom. The lowest BCUT2D eigenvalue weighted by molar-refractivity contribution is 0.102. The first kappa shape index (κ1) is 18.9. The number of hydrogen-bond acceptors (Lipinski definition) is 4. The smallest absolute Gasteiger partial charge is 0.255 e. The molecule has 0 bridgehead atoms. The maximum absolute atomic E-state index is 12.7. The first-order valence-electron chi connectivity index (χ1n) is 8.64. The Balaban J connectivity index is 2.14. The molecule has 25 heavy (non-hydrogen) atoms. The molecule has 0 saturated carbocycles. The number of rotatable bonds is 7. The van der Waals surface area contributed by atoms with Gasteiger partial charge < -0.3 is 15.5 Å². The predicted octanol–water partition coefficient (Wildman–Crippen LogP) is 3.74. The lowest BCUT2D eigenvalue weighted by atomic mass is 9.98. The number of likely N-dealkylation sites (N-methyl/N-ethyl adjacent to an activating group) is 1. The number of nitrogens with one attached hydrogen (secondary N) is 2. The Kier molecular flexibility index (Phi) is 6.53. The minimum absolute atomic E-state index is 0.116. The highest BCUT2D eigenvalue weighted by Gasteiger charge is 2.13. The topological polar surface area (TPSA) is 57.3 Å². The molecule has 2 N–H and O–H groups in total. The normalized spacial score (nSPS) is 11.0. The molecule has 0 aliphatic heterocycles. The molecule has 134 valence electrons. The van der Waals surface area contributed by atoms with Gasteiger partial charge in [0.15, 0.2) is 0 Å². The molecule has 2 aromatic rings. The number of pyridine rings is 1. The summed E-state index contributed by atoms with van der Waals surface area (Å²) < 4.78 is 0. The van der Waals surface area contributed by atoms with Gasteiger partial charge >= 0.3 is 0 Å². The summed E-state index contributed by atoms with van der Waals surface area (Å²) in [5, 5.41) is 6.32. The van der Waals surface area contributed by atoms with Gasteiger partial charge in [0, 0.05) is 30.5 Å². The lowest BCUT2D eigenvalue weighted by Gasteiger charge is -2.16. The van der Waals surface area contributed by atoms with Crippen molar-refractivity contribution in [2.24, 2.45) is 0 Å². The third kappa shape index (κ3) is 5.29. The summed E-state index contributed by atoms with van der Waals surface area (Å²) in [6.07, 6.45) is 1.66. The number of benzene rings is 1. The molecule has 0 fully saturated rings. The van der Waals surface area contributed by atoms with E-state index in [2.05, 4.69) is 40.4 Å². The second-order valence-corrected chi connectivity index (χ2v) is 6.81. The van der Waals surface area contributed by atoms with E-state index in [1.165, 1.54) is 0 Å². The fourth-order valence-corrected chi connectivity index (χ4v) is 2.60. The molecule has 5 nitrogen and oxygen atoms in total. The van der Waals surface area contributed by atoms with E-state index in [4.69, 9.17) is 0 Å². The second kappa shape index (κ2) is 8.62. The zero-order valence-corrected chi connectivity index (χ0v) is 15.8. The van der Waals surface area contributed by atoms with Crippen molar-refractivity contribution in [2.45, 2.75) is 26.7 Å². The van der Waals surface area contributed by atoms with Gasteiger partial charge in [-0.25, -0.2) is 4.98 Å². The Bertz CT molecular complexity index is 725. The highest BCUT2D eigenvalue weighted by atomic mass is 16.1. The minimum atomic E-state index is -0.116. The van der Waals surface area contributed by atoms with Crippen LogP contribution in [0.5, 0.6) is 0 Å². The van der Waals surface area contributed by atoms with Crippen molar-refractivity contribution in [1.29, 1.82) is 0 Å². The number of para-hydroxylation sites is 1. The van der Waals surface area contributed by atoms with Crippen LogP contribution in [0.25, 0.3) is 0 Å². The first-order chi connectivity index (χ1) is 11.9. The molecule has 2 rings (SSSR count). The largest absolute Gasteiger partial charge is 0.369 e. The van der Waals surface area contributed by atoms with Crippen molar-refractivity contribution in [1.82, 2.24) is 9.88 Å². The van der Waals surface area contributed by atoms with Crippen LogP contribution in [0.2, 0.25) is 0 Å². The molecular weight excluding hydrogens is 312 g/mol. The Labute approximate surface area is 150 Å². The molecule has 0 spiro atoms. The highest BCUT2D eigenvalue weighted by Crippen LogP contribution is 2.27. The van der Waals surface area contributed by atoms with E-state index in [1.807, 2.05) is 33.2 Å². The zero-order chi connectivity index (χ0) is 18.4. The zero-order valence-electron chi connectivity index (χ0n) is 15.8. The van der Waals surface area contributed by atoms with Crippen molar-refractivity contribution in [3.05, 3.63) is 53.2 Å². The van der Waals surface area contributed by atoms with Crippen molar-refractivity contribution in [3.8, 4) is 0 Å². The van der Waals surface area contributed by atoms with Crippen LogP contribution in [0, 0.1) is 6.92 Å². The van der Waals surface area contributed by atoms with E-state index in [1.54, 1.807) is 18.3 Å². The molecule has 5 heteroatoms. The number of anilines is 2. The van der Waals surface area contributed by atoms with Gasteiger partial charge in [-0.3, -0.25) is 4.79 Å². The third-order valence-electron chi connectivity index (χ3n) is 4.05. The van der Waals surface area contributed by atoms with Gasteiger partial charge in [0.2, 0.25) is 0 Å².